The molecule has 1 aromatic heterocycles. The van der Waals surface area contributed by atoms with Crippen LogP contribution < -0.4 is 0 Å². The Morgan fingerprint density at radius 3 is 2.54 bits per heavy atom. The standard InChI is InChI=1S/C9H12BrNOS/c10-9-11-8(12)7(13-9)6-4-2-1-3-5-6/h6,12H,1-5H2. The van der Waals surface area contributed by atoms with Gasteiger partial charge < -0.3 is 5.11 Å². The van der Waals surface area contributed by atoms with Crippen LogP contribution in [0.3, 0.4) is 0 Å². The summed E-state index contributed by atoms with van der Waals surface area (Å²) in [7, 11) is 0. The van der Waals surface area contributed by atoms with Crippen LogP contribution >= 0.6 is 27.3 Å². The molecule has 1 N–H and O–H groups in total. The monoisotopic (exact) mass is 261 g/mol. The molecule has 2 nitrogen and oxygen atoms in total. The zero-order chi connectivity index (χ0) is 9.26. The highest BCUT2D eigenvalue weighted by molar-refractivity contribution is 9.11. The summed E-state index contributed by atoms with van der Waals surface area (Å²) in [5.74, 6) is 0.793. The summed E-state index contributed by atoms with van der Waals surface area (Å²) >= 11 is 4.87. The quantitative estimate of drug-likeness (QED) is 0.837. The largest absolute Gasteiger partial charge is 0.492 e. The maximum Gasteiger partial charge on any atom is 0.226 e. The fourth-order valence-electron chi connectivity index (χ4n) is 1.93. The van der Waals surface area contributed by atoms with Gasteiger partial charge in [-0.3, -0.25) is 0 Å². The van der Waals surface area contributed by atoms with E-state index in [1.807, 2.05) is 0 Å². The van der Waals surface area contributed by atoms with Crippen LogP contribution in [-0.2, 0) is 0 Å². The van der Waals surface area contributed by atoms with E-state index in [4.69, 9.17) is 0 Å². The lowest BCUT2D eigenvalue weighted by atomic mass is 9.88. The summed E-state index contributed by atoms with van der Waals surface area (Å²) in [4.78, 5) is 5.05. The minimum atomic E-state index is 0.240. The molecule has 0 bridgehead atoms. The van der Waals surface area contributed by atoms with E-state index >= 15 is 0 Å². The number of aromatic nitrogens is 1. The normalized spacial score (nSPS) is 19.2. The Hall–Kier alpha value is -0.0900. The molecule has 13 heavy (non-hydrogen) atoms. The van der Waals surface area contributed by atoms with Crippen molar-refractivity contribution in [1.82, 2.24) is 4.98 Å². The number of hydrogen-bond acceptors (Lipinski definition) is 3. The lowest BCUT2D eigenvalue weighted by Crippen LogP contribution is -2.02. The molecule has 0 amide bonds. The predicted octanol–water partition coefficient (Wildman–Crippen LogP) is 3.66. The second kappa shape index (κ2) is 3.96. The molecule has 1 saturated carbocycles. The van der Waals surface area contributed by atoms with Crippen LogP contribution in [-0.4, -0.2) is 10.1 Å². The van der Waals surface area contributed by atoms with Gasteiger partial charge >= 0.3 is 0 Å². The second-order valence-electron chi connectivity index (χ2n) is 3.49. The molecule has 0 aromatic carbocycles. The molecule has 4 heteroatoms. The molecule has 0 saturated heterocycles. The highest BCUT2D eigenvalue weighted by Gasteiger charge is 2.21. The third kappa shape index (κ3) is 2.05. The minimum Gasteiger partial charge on any atom is -0.492 e. The first-order chi connectivity index (χ1) is 6.27. The Balaban J connectivity index is 2.18. The molecule has 1 aliphatic rings. The van der Waals surface area contributed by atoms with Gasteiger partial charge in [-0.25, -0.2) is 0 Å². The van der Waals surface area contributed by atoms with Crippen LogP contribution in [0.15, 0.2) is 3.92 Å². The van der Waals surface area contributed by atoms with Gasteiger partial charge in [0.25, 0.3) is 0 Å². The van der Waals surface area contributed by atoms with E-state index in [1.54, 1.807) is 11.3 Å². The maximum atomic E-state index is 9.55. The Bertz CT molecular complexity index is 294. The molecule has 0 atom stereocenters. The van der Waals surface area contributed by atoms with Crippen LogP contribution in [0.5, 0.6) is 5.88 Å². The Morgan fingerprint density at radius 1 is 1.31 bits per heavy atom. The van der Waals surface area contributed by atoms with Crippen molar-refractivity contribution in [3.05, 3.63) is 8.79 Å². The molecule has 0 unspecified atom stereocenters. The van der Waals surface area contributed by atoms with Crippen molar-refractivity contribution < 1.29 is 5.11 Å². The van der Waals surface area contributed by atoms with Gasteiger partial charge in [-0.1, -0.05) is 19.3 Å². The average Bonchev–Trinajstić information content (AvgIpc) is 2.47. The summed E-state index contributed by atoms with van der Waals surface area (Å²) in [6, 6.07) is 0. The number of thiazole rings is 1. The van der Waals surface area contributed by atoms with Gasteiger partial charge in [-0.05, 0) is 34.7 Å². The third-order valence-corrected chi connectivity index (χ3v) is 4.24. The van der Waals surface area contributed by atoms with Crippen molar-refractivity contribution in [3.8, 4) is 5.88 Å². The van der Waals surface area contributed by atoms with E-state index in [2.05, 4.69) is 20.9 Å². The molecule has 2 rings (SSSR count). The zero-order valence-corrected chi connectivity index (χ0v) is 9.70. The van der Waals surface area contributed by atoms with Gasteiger partial charge in [0, 0.05) is 0 Å². The van der Waals surface area contributed by atoms with Crippen molar-refractivity contribution in [2.24, 2.45) is 0 Å². The summed E-state index contributed by atoms with van der Waals surface area (Å²) < 4.78 is 0.797. The summed E-state index contributed by atoms with van der Waals surface area (Å²) in [6.07, 6.45) is 6.35. The van der Waals surface area contributed by atoms with Crippen molar-refractivity contribution >= 4 is 27.3 Å². The SMILES string of the molecule is Oc1nc(Br)sc1C1CCCCC1. The van der Waals surface area contributed by atoms with Crippen molar-refractivity contribution in [1.29, 1.82) is 0 Å². The average molecular weight is 262 g/mol. The first kappa shape index (κ1) is 9.46. The summed E-state index contributed by atoms with van der Waals surface area (Å²) in [6.45, 7) is 0. The fraction of sp³-hybridized carbons (Fsp3) is 0.667. The van der Waals surface area contributed by atoms with Crippen molar-refractivity contribution in [2.45, 2.75) is 38.0 Å². The van der Waals surface area contributed by atoms with Gasteiger partial charge in [-0.2, -0.15) is 4.98 Å². The van der Waals surface area contributed by atoms with E-state index in [0.29, 0.717) is 5.92 Å². The van der Waals surface area contributed by atoms with Crippen LogP contribution in [0, 0.1) is 0 Å². The second-order valence-corrected chi connectivity index (χ2v) is 5.80. The van der Waals surface area contributed by atoms with Crippen LogP contribution in [0.2, 0.25) is 0 Å². The first-order valence-corrected chi connectivity index (χ1v) is 6.23. The highest BCUT2D eigenvalue weighted by atomic mass is 79.9. The molecule has 1 heterocycles. The van der Waals surface area contributed by atoms with Gasteiger partial charge in [0.15, 0.2) is 3.92 Å². The van der Waals surface area contributed by atoms with Crippen LogP contribution in [0.25, 0.3) is 0 Å². The van der Waals surface area contributed by atoms with Crippen molar-refractivity contribution in [2.75, 3.05) is 0 Å². The Kier molecular flexibility index (Phi) is 2.89. The lowest BCUT2D eigenvalue weighted by Gasteiger charge is -2.19. The molecule has 72 valence electrons. The molecule has 0 spiro atoms. The van der Waals surface area contributed by atoms with Crippen LogP contribution in [0.4, 0.5) is 0 Å². The van der Waals surface area contributed by atoms with Gasteiger partial charge in [0.05, 0.1) is 4.88 Å². The highest BCUT2D eigenvalue weighted by Crippen LogP contribution is 2.41. The number of halogens is 1. The maximum absolute atomic E-state index is 9.55. The minimum absolute atomic E-state index is 0.240. The molecule has 1 fully saturated rings. The lowest BCUT2D eigenvalue weighted by molar-refractivity contribution is 0.411. The molecular formula is C9H12BrNOS. The smallest absolute Gasteiger partial charge is 0.226 e. The number of aromatic hydroxyl groups is 1. The van der Waals surface area contributed by atoms with Gasteiger partial charge in [-0.15, -0.1) is 11.3 Å². The number of nitrogens with zero attached hydrogens (tertiary/aromatic N) is 1. The topological polar surface area (TPSA) is 33.1 Å². The zero-order valence-electron chi connectivity index (χ0n) is 7.29. The van der Waals surface area contributed by atoms with Crippen molar-refractivity contribution in [3.63, 3.8) is 0 Å². The Morgan fingerprint density at radius 2 is 2.00 bits per heavy atom. The predicted molar refractivity (Wildman–Crippen MR) is 57.3 cm³/mol. The Labute approximate surface area is 90.1 Å². The molecule has 1 aromatic rings. The van der Waals surface area contributed by atoms with Gasteiger partial charge in [0.2, 0.25) is 5.88 Å². The van der Waals surface area contributed by atoms with Gasteiger partial charge in [0.1, 0.15) is 0 Å². The van der Waals surface area contributed by atoms with E-state index in [9.17, 15) is 5.11 Å². The third-order valence-electron chi connectivity index (χ3n) is 2.58. The van der Waals surface area contributed by atoms with E-state index in [1.165, 1.54) is 32.1 Å². The summed E-state index contributed by atoms with van der Waals surface area (Å²) in [5.41, 5.74) is 0. The molecule has 0 radical (unpaired) electrons. The summed E-state index contributed by atoms with van der Waals surface area (Å²) in [5, 5.41) is 9.55. The number of hydrogen-bond donors (Lipinski definition) is 1. The first-order valence-electron chi connectivity index (χ1n) is 4.62. The van der Waals surface area contributed by atoms with E-state index in [0.717, 1.165) is 8.79 Å². The van der Waals surface area contributed by atoms with E-state index in [-0.39, 0.29) is 5.88 Å². The number of rotatable bonds is 1. The molecule has 0 aliphatic heterocycles. The fourth-order valence-corrected chi connectivity index (χ4v) is 3.47. The van der Waals surface area contributed by atoms with Crippen LogP contribution in [0.1, 0.15) is 42.9 Å². The van der Waals surface area contributed by atoms with E-state index < -0.39 is 0 Å². The molecule has 1 aliphatic carbocycles. The molecular weight excluding hydrogens is 250 g/mol.